The molecule has 2 N–H and O–H groups in total. The maximum atomic E-state index is 14.8. The molecule has 8 heteroatoms. The van der Waals surface area contributed by atoms with Gasteiger partial charge in [0.1, 0.15) is 17.8 Å². The third-order valence-corrected chi connectivity index (χ3v) is 8.67. The van der Waals surface area contributed by atoms with Crippen LogP contribution in [0.15, 0.2) is 12.1 Å². The second-order valence-electron chi connectivity index (χ2n) is 9.28. The number of aliphatic hydroxyl groups excluding tert-OH is 1. The van der Waals surface area contributed by atoms with Crippen LogP contribution in [0.3, 0.4) is 0 Å². The predicted molar refractivity (Wildman–Crippen MR) is 106 cm³/mol. The maximum Gasteiger partial charge on any atom is 0.281 e. The molecule has 4 fully saturated rings. The molecule has 1 saturated heterocycles. The van der Waals surface area contributed by atoms with E-state index in [9.17, 15) is 17.9 Å². The molecule has 4 aliphatic rings. The molecule has 3 saturated carbocycles. The van der Waals surface area contributed by atoms with Gasteiger partial charge in [0.05, 0.1) is 6.10 Å². The van der Waals surface area contributed by atoms with E-state index in [1.807, 2.05) is 0 Å². The Labute approximate surface area is 171 Å². The summed E-state index contributed by atoms with van der Waals surface area (Å²) in [6, 6.07) is 2.93. The zero-order chi connectivity index (χ0) is 20.2. The van der Waals surface area contributed by atoms with Crippen molar-refractivity contribution >= 4 is 10.2 Å². The van der Waals surface area contributed by atoms with Crippen LogP contribution in [-0.2, 0) is 10.2 Å². The number of nitrogens with one attached hydrogen (secondary N) is 1. The molecule has 160 valence electrons. The van der Waals surface area contributed by atoms with E-state index in [0.29, 0.717) is 30.2 Å². The van der Waals surface area contributed by atoms with E-state index in [2.05, 4.69) is 4.72 Å². The topological polar surface area (TPSA) is 78.9 Å². The van der Waals surface area contributed by atoms with Crippen LogP contribution < -0.4 is 9.46 Å². The quantitative estimate of drug-likeness (QED) is 0.658. The highest BCUT2D eigenvalue weighted by Crippen LogP contribution is 2.56. The van der Waals surface area contributed by atoms with Crippen molar-refractivity contribution in [3.05, 3.63) is 29.1 Å². The summed E-state index contributed by atoms with van der Waals surface area (Å²) in [5.41, 5.74) is 1.42. The van der Waals surface area contributed by atoms with Gasteiger partial charge in [-0.1, -0.05) is 0 Å². The van der Waals surface area contributed by atoms with Gasteiger partial charge >= 0.3 is 0 Å². The van der Waals surface area contributed by atoms with Crippen molar-refractivity contribution in [1.29, 1.82) is 0 Å². The largest absolute Gasteiger partial charge is 0.490 e. The third-order valence-electron chi connectivity index (χ3n) is 7.10. The fourth-order valence-electron chi connectivity index (χ4n) is 4.60. The number of nitrogens with zero attached hydrogens (tertiary/aromatic N) is 1. The molecule has 0 aromatic heterocycles. The van der Waals surface area contributed by atoms with E-state index in [1.165, 1.54) is 36.1 Å². The summed E-state index contributed by atoms with van der Waals surface area (Å²) in [5, 5.41) is 10.4. The first-order chi connectivity index (χ1) is 13.9. The molecule has 0 radical (unpaired) electrons. The van der Waals surface area contributed by atoms with E-state index < -0.39 is 22.3 Å². The minimum atomic E-state index is -3.81. The second-order valence-corrected chi connectivity index (χ2v) is 11.0. The van der Waals surface area contributed by atoms with Gasteiger partial charge in [-0.15, -0.1) is 0 Å². The summed E-state index contributed by atoms with van der Waals surface area (Å²) in [5.74, 6) is 0.211. The van der Waals surface area contributed by atoms with Crippen molar-refractivity contribution in [2.45, 2.75) is 76.0 Å². The first kappa shape index (κ1) is 19.7. The summed E-state index contributed by atoms with van der Waals surface area (Å²) in [4.78, 5) is 0. The Bertz CT molecular complexity index is 884. The van der Waals surface area contributed by atoms with Crippen LogP contribution in [0.25, 0.3) is 0 Å². The van der Waals surface area contributed by atoms with Crippen molar-refractivity contribution in [2.24, 2.45) is 5.41 Å². The molecule has 0 amide bonds. The Kier molecular flexibility index (Phi) is 4.89. The standard InChI is InChI=1S/C21H29FN2O4S/c22-18-13-19(28-15-4-6-21(7-5-15)8-9-21)16(14-2-3-14)12-17(18)20(25)23-29(26,27)24-10-1-11-24/h12-15,20,23,25H,1-11H2. The molecule has 1 heterocycles. The molecular weight excluding hydrogens is 395 g/mol. The van der Waals surface area contributed by atoms with Gasteiger partial charge in [-0.2, -0.15) is 17.4 Å². The van der Waals surface area contributed by atoms with Crippen LogP contribution >= 0.6 is 0 Å². The highest BCUT2D eigenvalue weighted by molar-refractivity contribution is 7.87. The van der Waals surface area contributed by atoms with Crippen LogP contribution in [0.4, 0.5) is 4.39 Å². The number of hydrogen-bond acceptors (Lipinski definition) is 4. The molecule has 5 rings (SSSR count). The Morgan fingerprint density at radius 3 is 2.38 bits per heavy atom. The first-order valence-corrected chi connectivity index (χ1v) is 12.2. The number of benzene rings is 1. The Morgan fingerprint density at radius 2 is 1.83 bits per heavy atom. The van der Waals surface area contributed by atoms with Gasteiger partial charge in [-0.05, 0) is 80.8 Å². The first-order valence-electron chi connectivity index (χ1n) is 10.8. The average Bonchev–Trinajstić information content (AvgIpc) is 3.51. The lowest BCUT2D eigenvalue weighted by atomic mass is 9.84. The van der Waals surface area contributed by atoms with Gasteiger partial charge < -0.3 is 9.84 Å². The highest BCUT2D eigenvalue weighted by Gasteiger charge is 2.45. The van der Waals surface area contributed by atoms with E-state index in [4.69, 9.17) is 4.74 Å². The zero-order valence-corrected chi connectivity index (χ0v) is 17.4. The third kappa shape index (κ3) is 4.04. The number of rotatable bonds is 7. The van der Waals surface area contributed by atoms with Crippen molar-refractivity contribution in [3.63, 3.8) is 0 Å². The molecule has 0 bridgehead atoms. The van der Waals surface area contributed by atoms with Crippen molar-refractivity contribution in [2.75, 3.05) is 13.1 Å². The van der Waals surface area contributed by atoms with Crippen LogP contribution in [0.5, 0.6) is 5.75 Å². The molecule has 6 nitrogen and oxygen atoms in total. The summed E-state index contributed by atoms with van der Waals surface area (Å²) in [6.45, 7) is 0.848. The number of hydrogen-bond donors (Lipinski definition) is 2. The minimum absolute atomic E-state index is 0.0380. The lowest BCUT2D eigenvalue weighted by Gasteiger charge is -2.31. The normalized spacial score (nSPS) is 25.6. The highest BCUT2D eigenvalue weighted by atomic mass is 32.2. The van der Waals surface area contributed by atoms with Crippen LogP contribution in [0, 0.1) is 11.2 Å². The lowest BCUT2D eigenvalue weighted by Crippen LogP contribution is -2.49. The molecule has 1 aliphatic heterocycles. The van der Waals surface area contributed by atoms with E-state index in [0.717, 1.165) is 37.7 Å². The van der Waals surface area contributed by atoms with Crippen molar-refractivity contribution < 1.29 is 22.7 Å². The Morgan fingerprint density at radius 1 is 1.14 bits per heavy atom. The van der Waals surface area contributed by atoms with Crippen LogP contribution in [0.1, 0.15) is 81.1 Å². The molecular formula is C21H29FN2O4S. The van der Waals surface area contributed by atoms with Crippen molar-refractivity contribution in [1.82, 2.24) is 9.03 Å². The second kappa shape index (κ2) is 7.18. The molecule has 1 aromatic carbocycles. The van der Waals surface area contributed by atoms with E-state index in [-0.39, 0.29) is 11.7 Å². The smallest absolute Gasteiger partial charge is 0.281 e. The van der Waals surface area contributed by atoms with Gasteiger partial charge in [0.25, 0.3) is 10.2 Å². The number of ether oxygens (including phenoxy) is 1. The lowest BCUT2D eigenvalue weighted by molar-refractivity contribution is 0.122. The van der Waals surface area contributed by atoms with E-state index in [1.54, 1.807) is 6.07 Å². The number of halogens is 1. The molecule has 1 atom stereocenters. The van der Waals surface area contributed by atoms with Gasteiger partial charge in [0.15, 0.2) is 0 Å². The minimum Gasteiger partial charge on any atom is -0.490 e. The fraction of sp³-hybridized carbons (Fsp3) is 0.714. The monoisotopic (exact) mass is 424 g/mol. The Balaban J connectivity index is 1.33. The van der Waals surface area contributed by atoms with Gasteiger partial charge in [-0.25, -0.2) is 4.39 Å². The van der Waals surface area contributed by atoms with Gasteiger partial charge in [0.2, 0.25) is 0 Å². The Hall–Kier alpha value is -1.22. The molecule has 1 aromatic rings. The molecule has 1 unspecified atom stereocenters. The number of aliphatic hydroxyl groups is 1. The van der Waals surface area contributed by atoms with Gasteiger partial charge in [0, 0.05) is 24.7 Å². The summed E-state index contributed by atoms with van der Waals surface area (Å²) < 4.78 is 49.0. The van der Waals surface area contributed by atoms with E-state index >= 15 is 0 Å². The maximum absolute atomic E-state index is 14.8. The summed E-state index contributed by atoms with van der Waals surface area (Å²) in [7, 11) is -3.81. The van der Waals surface area contributed by atoms with Crippen LogP contribution in [0.2, 0.25) is 0 Å². The summed E-state index contributed by atoms with van der Waals surface area (Å²) in [6.07, 6.45) is 8.36. The van der Waals surface area contributed by atoms with Gasteiger partial charge in [-0.3, -0.25) is 0 Å². The SMILES string of the molecule is O=S(=O)(NC(O)c1cc(C2CC2)c(OC2CCC3(CC2)CC3)cc1F)N1CCC1. The molecule has 3 aliphatic carbocycles. The van der Waals surface area contributed by atoms with Crippen molar-refractivity contribution in [3.8, 4) is 5.75 Å². The zero-order valence-electron chi connectivity index (χ0n) is 16.6. The van der Waals surface area contributed by atoms with Crippen LogP contribution in [-0.4, -0.2) is 37.0 Å². The average molecular weight is 425 g/mol. The molecule has 29 heavy (non-hydrogen) atoms. The predicted octanol–water partition coefficient (Wildman–Crippen LogP) is 3.34. The molecule has 1 spiro atoms. The summed E-state index contributed by atoms with van der Waals surface area (Å²) >= 11 is 0. The fourth-order valence-corrected chi connectivity index (χ4v) is 5.90.